The summed E-state index contributed by atoms with van der Waals surface area (Å²) in [7, 11) is 1.29. The van der Waals surface area contributed by atoms with Crippen LogP contribution in [0.3, 0.4) is 0 Å². The van der Waals surface area contributed by atoms with Gasteiger partial charge in [-0.3, -0.25) is 4.79 Å². The van der Waals surface area contributed by atoms with Gasteiger partial charge in [0, 0.05) is 0 Å². The molecule has 1 aromatic rings. The third kappa shape index (κ3) is 3.33. The number of ether oxygens (including phenoxy) is 1. The van der Waals surface area contributed by atoms with E-state index in [0.29, 0.717) is 10.2 Å². The van der Waals surface area contributed by atoms with Crippen molar-refractivity contribution >= 4 is 27.8 Å². The molecule has 0 aliphatic carbocycles. The Morgan fingerprint density at radius 1 is 1.47 bits per heavy atom. The van der Waals surface area contributed by atoms with E-state index in [9.17, 15) is 9.59 Å². The minimum absolute atomic E-state index is 0.0583. The van der Waals surface area contributed by atoms with Gasteiger partial charge in [0.2, 0.25) is 0 Å². The van der Waals surface area contributed by atoms with Gasteiger partial charge in [-0.2, -0.15) is 0 Å². The number of hydrogen-bond donors (Lipinski definition) is 1. The van der Waals surface area contributed by atoms with Crippen LogP contribution in [0.1, 0.15) is 24.2 Å². The van der Waals surface area contributed by atoms with Crippen LogP contribution in [0, 0.1) is 5.92 Å². The zero-order valence-corrected chi connectivity index (χ0v) is 11.4. The lowest BCUT2D eigenvalue weighted by Crippen LogP contribution is -2.45. The van der Waals surface area contributed by atoms with Crippen molar-refractivity contribution in [1.29, 1.82) is 0 Å². The van der Waals surface area contributed by atoms with Crippen molar-refractivity contribution in [3.8, 4) is 0 Å². The average molecular weight is 304 g/mol. The van der Waals surface area contributed by atoms with Crippen LogP contribution in [0.2, 0.25) is 0 Å². The lowest BCUT2D eigenvalue weighted by Gasteiger charge is -2.19. The number of methoxy groups -OCH3 is 1. The van der Waals surface area contributed by atoms with Crippen molar-refractivity contribution in [1.82, 2.24) is 5.32 Å². The Labute approximate surface area is 108 Å². The molecular weight excluding hydrogens is 290 g/mol. The SMILES string of the molecule is COC(=O)C(NC(=O)c1ccoc1Br)C(C)C. The second-order valence-electron chi connectivity index (χ2n) is 3.83. The highest BCUT2D eigenvalue weighted by atomic mass is 79.9. The maximum Gasteiger partial charge on any atom is 0.328 e. The van der Waals surface area contributed by atoms with E-state index < -0.39 is 12.0 Å². The predicted octanol–water partition coefficient (Wildman–Crippen LogP) is 1.97. The third-order valence-electron chi connectivity index (χ3n) is 2.27. The Bertz CT molecular complexity index is 413. The number of halogens is 1. The van der Waals surface area contributed by atoms with Crippen LogP contribution in [-0.2, 0) is 9.53 Å². The summed E-state index contributed by atoms with van der Waals surface area (Å²) in [5.74, 6) is -0.903. The quantitative estimate of drug-likeness (QED) is 0.864. The maximum atomic E-state index is 11.9. The molecule has 1 aromatic heterocycles. The minimum Gasteiger partial charge on any atom is -0.467 e. The molecule has 0 bridgehead atoms. The Morgan fingerprint density at radius 3 is 2.53 bits per heavy atom. The van der Waals surface area contributed by atoms with E-state index >= 15 is 0 Å². The van der Waals surface area contributed by atoms with Crippen LogP contribution in [0.25, 0.3) is 0 Å². The van der Waals surface area contributed by atoms with Crippen LogP contribution < -0.4 is 5.32 Å². The van der Waals surface area contributed by atoms with Crippen LogP contribution >= 0.6 is 15.9 Å². The van der Waals surface area contributed by atoms with E-state index in [1.54, 1.807) is 0 Å². The molecule has 0 aromatic carbocycles. The van der Waals surface area contributed by atoms with Gasteiger partial charge in [0.25, 0.3) is 5.91 Å². The molecule has 1 rings (SSSR count). The fourth-order valence-corrected chi connectivity index (χ4v) is 1.72. The lowest BCUT2D eigenvalue weighted by atomic mass is 10.0. The van der Waals surface area contributed by atoms with Crippen molar-refractivity contribution in [3.05, 3.63) is 22.6 Å². The normalized spacial score (nSPS) is 12.3. The molecule has 6 heteroatoms. The first-order chi connectivity index (χ1) is 7.97. The molecule has 1 amide bonds. The van der Waals surface area contributed by atoms with Crippen molar-refractivity contribution in [2.75, 3.05) is 7.11 Å². The summed E-state index contributed by atoms with van der Waals surface area (Å²) in [4.78, 5) is 23.3. The topological polar surface area (TPSA) is 68.5 Å². The molecule has 1 N–H and O–H groups in total. The lowest BCUT2D eigenvalue weighted by molar-refractivity contribution is -0.144. The Hall–Kier alpha value is -1.30. The van der Waals surface area contributed by atoms with Gasteiger partial charge in [-0.1, -0.05) is 13.8 Å². The summed E-state index contributed by atoms with van der Waals surface area (Å²) >= 11 is 3.10. The highest BCUT2D eigenvalue weighted by Crippen LogP contribution is 2.17. The molecule has 0 spiro atoms. The highest BCUT2D eigenvalue weighted by molar-refractivity contribution is 9.10. The molecule has 5 nitrogen and oxygen atoms in total. The van der Waals surface area contributed by atoms with Crippen LogP contribution in [0.15, 0.2) is 21.4 Å². The molecule has 0 aliphatic rings. The monoisotopic (exact) mass is 303 g/mol. The predicted molar refractivity (Wildman–Crippen MR) is 64.5 cm³/mol. The fraction of sp³-hybridized carbons (Fsp3) is 0.455. The van der Waals surface area contributed by atoms with E-state index in [2.05, 4.69) is 26.0 Å². The Balaban J connectivity index is 2.78. The second kappa shape index (κ2) is 5.86. The number of esters is 1. The van der Waals surface area contributed by atoms with Gasteiger partial charge in [-0.05, 0) is 27.9 Å². The summed E-state index contributed by atoms with van der Waals surface area (Å²) < 4.78 is 9.92. The molecule has 1 atom stereocenters. The zero-order valence-electron chi connectivity index (χ0n) is 9.82. The number of amides is 1. The van der Waals surface area contributed by atoms with E-state index in [1.165, 1.54) is 19.4 Å². The summed E-state index contributed by atoms with van der Waals surface area (Å²) in [6.45, 7) is 3.65. The first-order valence-corrected chi connectivity index (χ1v) is 5.88. The molecule has 0 radical (unpaired) electrons. The zero-order chi connectivity index (χ0) is 13.0. The number of carbonyl (C=O) groups excluding carboxylic acids is 2. The summed E-state index contributed by atoms with van der Waals surface area (Å²) in [6, 6.07) is 0.850. The summed E-state index contributed by atoms with van der Waals surface area (Å²) in [6.07, 6.45) is 1.39. The Morgan fingerprint density at radius 2 is 2.12 bits per heavy atom. The third-order valence-corrected chi connectivity index (χ3v) is 2.89. The first kappa shape index (κ1) is 13.8. The van der Waals surface area contributed by atoms with Crippen molar-refractivity contribution in [2.24, 2.45) is 5.92 Å². The molecule has 1 heterocycles. The van der Waals surface area contributed by atoms with Crippen LogP contribution in [0.4, 0.5) is 0 Å². The summed E-state index contributed by atoms with van der Waals surface area (Å²) in [5, 5.41) is 2.61. The largest absolute Gasteiger partial charge is 0.467 e. The molecule has 17 heavy (non-hydrogen) atoms. The van der Waals surface area contributed by atoms with Crippen LogP contribution in [-0.4, -0.2) is 25.0 Å². The minimum atomic E-state index is -0.672. The van der Waals surface area contributed by atoms with E-state index in [0.717, 1.165) is 0 Å². The van der Waals surface area contributed by atoms with Gasteiger partial charge in [0.05, 0.1) is 18.9 Å². The smallest absolute Gasteiger partial charge is 0.328 e. The fourth-order valence-electron chi connectivity index (χ4n) is 1.30. The molecule has 0 fully saturated rings. The first-order valence-electron chi connectivity index (χ1n) is 5.09. The molecule has 0 saturated heterocycles. The van der Waals surface area contributed by atoms with Crippen molar-refractivity contribution < 1.29 is 18.7 Å². The van der Waals surface area contributed by atoms with Gasteiger partial charge in [0.1, 0.15) is 6.04 Å². The molecule has 1 unspecified atom stereocenters. The highest BCUT2D eigenvalue weighted by Gasteiger charge is 2.26. The molecular formula is C11H14BrNO4. The van der Waals surface area contributed by atoms with Gasteiger partial charge < -0.3 is 14.5 Å². The average Bonchev–Trinajstić information content (AvgIpc) is 2.70. The van der Waals surface area contributed by atoms with E-state index in [1.807, 2.05) is 13.8 Å². The Kier molecular flexibility index (Phi) is 4.74. The maximum absolute atomic E-state index is 11.9. The van der Waals surface area contributed by atoms with Crippen molar-refractivity contribution in [2.45, 2.75) is 19.9 Å². The number of hydrogen-bond acceptors (Lipinski definition) is 4. The molecule has 94 valence electrons. The van der Waals surface area contributed by atoms with Gasteiger partial charge in [-0.25, -0.2) is 4.79 Å². The van der Waals surface area contributed by atoms with Crippen molar-refractivity contribution in [3.63, 3.8) is 0 Å². The molecule has 0 saturated carbocycles. The van der Waals surface area contributed by atoms with E-state index in [4.69, 9.17) is 4.42 Å². The number of furan rings is 1. The number of rotatable bonds is 4. The van der Waals surface area contributed by atoms with Gasteiger partial charge in [0.15, 0.2) is 4.67 Å². The standard InChI is InChI=1S/C11H14BrNO4/c1-6(2)8(11(15)16-3)13-10(14)7-4-5-17-9(7)12/h4-6,8H,1-3H3,(H,13,14). The summed E-state index contributed by atoms with van der Waals surface area (Å²) in [5.41, 5.74) is 0.347. The van der Waals surface area contributed by atoms with Crippen LogP contribution in [0.5, 0.6) is 0 Å². The number of carbonyl (C=O) groups is 2. The van der Waals surface area contributed by atoms with Gasteiger partial charge >= 0.3 is 5.97 Å². The molecule has 0 aliphatic heterocycles. The number of nitrogens with one attached hydrogen (secondary N) is 1. The van der Waals surface area contributed by atoms with E-state index in [-0.39, 0.29) is 11.8 Å². The second-order valence-corrected chi connectivity index (χ2v) is 4.55. The van der Waals surface area contributed by atoms with Gasteiger partial charge in [-0.15, -0.1) is 0 Å².